The van der Waals surface area contributed by atoms with E-state index in [0.29, 0.717) is 11.1 Å². The number of benzene rings is 2. The van der Waals surface area contributed by atoms with Crippen LogP contribution < -0.4 is 20.9 Å². The highest BCUT2D eigenvalue weighted by Gasteiger charge is 2.31. The van der Waals surface area contributed by atoms with Gasteiger partial charge < -0.3 is 20.5 Å². The molecular formula is C26H18Cl2F3N5O5. The lowest BCUT2D eigenvalue weighted by Crippen LogP contribution is -2.29. The number of urea groups is 1. The van der Waals surface area contributed by atoms with Crippen LogP contribution in [-0.4, -0.2) is 38.2 Å². The molecule has 2 amide bonds. The number of nitrogens with zero attached hydrogens (tertiary/aromatic N) is 3. The normalized spacial score (nSPS) is 11.2. The topological polar surface area (TPSA) is 135 Å². The third-order valence-corrected chi connectivity index (χ3v) is 6.07. The number of rotatable bonds is 7. The summed E-state index contributed by atoms with van der Waals surface area (Å²) in [5, 5.41) is 18.7. The third-order valence-electron chi connectivity index (χ3n) is 5.49. The maximum atomic E-state index is 12.9. The van der Waals surface area contributed by atoms with Crippen molar-refractivity contribution in [2.75, 3.05) is 10.6 Å². The fourth-order valence-corrected chi connectivity index (χ4v) is 4.18. The van der Waals surface area contributed by atoms with Gasteiger partial charge in [0.25, 0.3) is 5.56 Å². The summed E-state index contributed by atoms with van der Waals surface area (Å²) in [5.41, 5.74) is -0.00107. The van der Waals surface area contributed by atoms with Crippen LogP contribution in [0.5, 0.6) is 5.75 Å². The van der Waals surface area contributed by atoms with Crippen LogP contribution in [0.1, 0.15) is 17.3 Å². The van der Waals surface area contributed by atoms with E-state index in [1.807, 2.05) is 0 Å². The number of aromatic nitrogens is 3. The molecule has 0 spiro atoms. The van der Waals surface area contributed by atoms with Crippen LogP contribution >= 0.6 is 23.2 Å². The number of halogens is 5. The molecule has 2 aromatic heterocycles. The van der Waals surface area contributed by atoms with Gasteiger partial charge in [-0.25, -0.2) is 14.3 Å². The van der Waals surface area contributed by atoms with Gasteiger partial charge in [-0.3, -0.25) is 9.78 Å². The number of hydrogen-bond acceptors (Lipinski definition) is 6. The molecule has 3 N–H and O–H groups in total. The Balaban J connectivity index is 1.71. The molecule has 2 aromatic carbocycles. The fourth-order valence-electron chi connectivity index (χ4n) is 3.72. The van der Waals surface area contributed by atoms with Crippen molar-refractivity contribution in [1.29, 1.82) is 0 Å². The Hall–Kier alpha value is -4.62. The molecule has 0 radical (unpaired) electrons. The first-order valence-electron chi connectivity index (χ1n) is 11.6. The highest BCUT2D eigenvalue weighted by Crippen LogP contribution is 2.32. The lowest BCUT2D eigenvalue weighted by atomic mass is 9.99. The van der Waals surface area contributed by atoms with Crippen molar-refractivity contribution < 1.29 is 32.6 Å². The maximum absolute atomic E-state index is 12.9. The van der Waals surface area contributed by atoms with Crippen LogP contribution in [0, 0.1) is 0 Å². The number of carboxylic acids is 1. The Morgan fingerprint density at radius 3 is 2.32 bits per heavy atom. The molecular weight excluding hydrogens is 590 g/mol. The molecule has 4 rings (SSSR count). The molecule has 15 heteroatoms. The number of ether oxygens (including phenoxy) is 1. The fraction of sp³-hybridized carbons (Fsp3) is 0.115. The van der Waals surface area contributed by atoms with E-state index in [0.717, 1.165) is 16.8 Å². The van der Waals surface area contributed by atoms with Crippen LogP contribution in [0.2, 0.25) is 10.0 Å². The second-order valence-corrected chi connectivity index (χ2v) is 9.12. The van der Waals surface area contributed by atoms with Gasteiger partial charge in [0.05, 0.1) is 27.0 Å². The summed E-state index contributed by atoms with van der Waals surface area (Å²) in [5.74, 6) is -2.16. The zero-order valence-electron chi connectivity index (χ0n) is 20.8. The first-order valence-corrected chi connectivity index (χ1v) is 12.3. The monoisotopic (exact) mass is 607 g/mol. The number of carboxylic acid groups (broad SMARTS) is 1. The van der Waals surface area contributed by atoms with Crippen molar-refractivity contribution in [1.82, 2.24) is 14.8 Å². The van der Waals surface area contributed by atoms with E-state index in [1.54, 1.807) is 25.1 Å². The summed E-state index contributed by atoms with van der Waals surface area (Å²) in [6.07, 6.45) is -2.48. The molecule has 10 nitrogen and oxygen atoms in total. The molecule has 0 saturated heterocycles. The SMILES string of the molecule is CCn1nc(-c2cccc(-c3cc(OC(F)(F)F)cc(C(=O)O)c3)c2)cc(NC(=O)Nc2c(Cl)cncc2Cl)c1=O. The number of hydrogen-bond donors (Lipinski definition) is 3. The van der Waals surface area contributed by atoms with Gasteiger partial charge in [-0.05, 0) is 48.4 Å². The van der Waals surface area contributed by atoms with Crippen molar-refractivity contribution >= 4 is 46.6 Å². The number of carbonyl (C=O) groups excluding carboxylic acids is 1. The number of amides is 2. The molecule has 0 atom stereocenters. The Morgan fingerprint density at radius 1 is 1.00 bits per heavy atom. The summed E-state index contributed by atoms with van der Waals surface area (Å²) >= 11 is 12.1. The summed E-state index contributed by atoms with van der Waals surface area (Å²) in [7, 11) is 0. The zero-order valence-corrected chi connectivity index (χ0v) is 22.3. The van der Waals surface area contributed by atoms with E-state index in [9.17, 15) is 32.7 Å². The average Bonchev–Trinajstić information content (AvgIpc) is 2.91. The molecule has 0 aliphatic heterocycles. The lowest BCUT2D eigenvalue weighted by molar-refractivity contribution is -0.274. The van der Waals surface area contributed by atoms with Crippen LogP contribution in [0.4, 0.5) is 29.3 Å². The molecule has 41 heavy (non-hydrogen) atoms. The van der Waals surface area contributed by atoms with E-state index in [4.69, 9.17) is 23.2 Å². The van der Waals surface area contributed by atoms with Crippen molar-refractivity contribution in [2.45, 2.75) is 19.8 Å². The second kappa shape index (κ2) is 11.9. The van der Waals surface area contributed by atoms with Gasteiger partial charge in [0.1, 0.15) is 11.4 Å². The summed E-state index contributed by atoms with van der Waals surface area (Å²) in [4.78, 5) is 40.9. The van der Waals surface area contributed by atoms with Gasteiger partial charge in [0, 0.05) is 24.5 Å². The van der Waals surface area contributed by atoms with Crippen LogP contribution in [0.3, 0.4) is 0 Å². The Kier molecular flexibility index (Phi) is 8.49. The molecule has 212 valence electrons. The Morgan fingerprint density at radius 2 is 1.68 bits per heavy atom. The van der Waals surface area contributed by atoms with E-state index in [-0.39, 0.29) is 39.2 Å². The third kappa shape index (κ3) is 7.13. The number of carbonyl (C=O) groups is 2. The van der Waals surface area contributed by atoms with E-state index in [1.165, 1.54) is 30.6 Å². The lowest BCUT2D eigenvalue weighted by Gasteiger charge is -2.14. The van der Waals surface area contributed by atoms with Crippen LogP contribution in [-0.2, 0) is 6.54 Å². The number of anilines is 2. The number of alkyl halides is 3. The van der Waals surface area contributed by atoms with E-state index in [2.05, 4.69) is 25.5 Å². The molecule has 0 fully saturated rings. The minimum absolute atomic E-state index is 0.0709. The van der Waals surface area contributed by atoms with E-state index < -0.39 is 35.2 Å². The number of aromatic carboxylic acids is 1. The van der Waals surface area contributed by atoms with Crippen molar-refractivity contribution in [2.24, 2.45) is 0 Å². The summed E-state index contributed by atoms with van der Waals surface area (Å²) in [6.45, 7) is 1.80. The standard InChI is InChI=1S/C26H18Cl2F3N5O5/c1-2-36-23(37)21(33-25(40)34-22-18(27)11-32-12-19(22)28)10-20(35-36)14-5-3-4-13(6-14)15-7-16(24(38)39)9-17(8-15)41-26(29,30)31/h3-12H,2H2,1H3,(H,38,39)(H2,32,33,34,40). The molecule has 0 saturated carbocycles. The highest BCUT2D eigenvalue weighted by atomic mass is 35.5. The second-order valence-electron chi connectivity index (χ2n) is 8.30. The predicted molar refractivity (Wildman–Crippen MR) is 146 cm³/mol. The number of nitrogens with one attached hydrogen (secondary N) is 2. The quantitative estimate of drug-likeness (QED) is 0.217. The van der Waals surface area contributed by atoms with Crippen LogP contribution in [0.25, 0.3) is 22.4 Å². The maximum Gasteiger partial charge on any atom is 0.573 e. The Labute approximate surface area is 239 Å². The predicted octanol–water partition coefficient (Wildman–Crippen LogP) is 6.54. The van der Waals surface area contributed by atoms with Gasteiger partial charge in [-0.1, -0.05) is 41.4 Å². The zero-order chi connectivity index (χ0) is 29.9. The summed E-state index contributed by atoms with van der Waals surface area (Å²) < 4.78 is 43.5. The average molecular weight is 608 g/mol. The van der Waals surface area contributed by atoms with Gasteiger partial charge in [0.15, 0.2) is 0 Å². The molecule has 2 heterocycles. The molecule has 0 unspecified atom stereocenters. The number of aryl methyl sites for hydroxylation is 1. The minimum Gasteiger partial charge on any atom is -0.478 e. The largest absolute Gasteiger partial charge is 0.573 e. The van der Waals surface area contributed by atoms with Crippen molar-refractivity contribution in [3.05, 3.63) is 86.9 Å². The van der Waals surface area contributed by atoms with Gasteiger partial charge in [0.2, 0.25) is 0 Å². The molecule has 0 bridgehead atoms. The van der Waals surface area contributed by atoms with E-state index >= 15 is 0 Å². The summed E-state index contributed by atoms with van der Waals surface area (Å²) in [6, 6.07) is 9.76. The molecule has 0 aliphatic carbocycles. The van der Waals surface area contributed by atoms with Crippen LogP contribution in [0.15, 0.2) is 65.7 Å². The smallest absolute Gasteiger partial charge is 0.478 e. The highest BCUT2D eigenvalue weighted by molar-refractivity contribution is 6.39. The first-order chi connectivity index (χ1) is 19.3. The molecule has 0 aliphatic rings. The van der Waals surface area contributed by atoms with Gasteiger partial charge in [-0.2, -0.15) is 5.10 Å². The van der Waals surface area contributed by atoms with Gasteiger partial charge in [-0.15, -0.1) is 13.2 Å². The Bertz CT molecular complexity index is 1690. The van der Waals surface area contributed by atoms with Gasteiger partial charge >= 0.3 is 18.4 Å². The molecule has 4 aromatic rings. The number of pyridine rings is 1. The first kappa shape index (κ1) is 29.4. The van der Waals surface area contributed by atoms with Crippen molar-refractivity contribution in [3.8, 4) is 28.1 Å². The minimum atomic E-state index is -5.03. The van der Waals surface area contributed by atoms with Crippen molar-refractivity contribution in [3.63, 3.8) is 0 Å².